The lowest BCUT2D eigenvalue weighted by molar-refractivity contribution is -0.120. The van der Waals surface area contributed by atoms with E-state index in [2.05, 4.69) is 22.3 Å². The number of benzene rings is 2. The molecule has 1 aliphatic rings. The Kier molecular flexibility index (Phi) is 4.91. The minimum absolute atomic E-state index is 0.0171. The van der Waals surface area contributed by atoms with Crippen molar-refractivity contribution in [2.45, 2.75) is 25.3 Å². The monoisotopic (exact) mass is 312 g/mol. The van der Waals surface area contributed by atoms with Crippen LogP contribution in [0.15, 0.2) is 54.6 Å². The second-order valence-electron chi connectivity index (χ2n) is 5.93. The van der Waals surface area contributed by atoms with Crippen LogP contribution in [0.5, 0.6) is 0 Å². The molecule has 3 nitrogen and oxygen atoms in total. The smallest absolute Gasteiger partial charge is 0.224 e. The summed E-state index contributed by atoms with van der Waals surface area (Å²) in [7, 11) is 0. The minimum atomic E-state index is -0.279. The Morgan fingerprint density at radius 1 is 1.13 bits per heavy atom. The van der Waals surface area contributed by atoms with Crippen LogP contribution in [-0.4, -0.2) is 25.0 Å². The molecule has 0 aliphatic carbocycles. The van der Waals surface area contributed by atoms with Crippen molar-refractivity contribution in [1.82, 2.24) is 5.32 Å². The summed E-state index contributed by atoms with van der Waals surface area (Å²) in [5.74, 6) is -0.296. The van der Waals surface area contributed by atoms with Gasteiger partial charge in [-0.1, -0.05) is 30.3 Å². The van der Waals surface area contributed by atoms with Crippen molar-refractivity contribution in [2.24, 2.45) is 0 Å². The Balaban J connectivity index is 1.53. The summed E-state index contributed by atoms with van der Waals surface area (Å²) >= 11 is 0. The highest BCUT2D eigenvalue weighted by atomic mass is 19.1. The van der Waals surface area contributed by atoms with Crippen molar-refractivity contribution in [2.75, 3.05) is 18.0 Å². The van der Waals surface area contributed by atoms with Gasteiger partial charge in [-0.05, 0) is 42.7 Å². The van der Waals surface area contributed by atoms with E-state index in [9.17, 15) is 9.18 Å². The lowest BCUT2D eigenvalue weighted by Gasteiger charge is -2.27. The van der Waals surface area contributed by atoms with Gasteiger partial charge in [0.2, 0.25) is 5.91 Å². The molecule has 0 aromatic heterocycles. The molecule has 2 aromatic rings. The van der Waals surface area contributed by atoms with E-state index in [4.69, 9.17) is 0 Å². The fourth-order valence-corrected chi connectivity index (χ4v) is 3.09. The molecule has 23 heavy (non-hydrogen) atoms. The fourth-order valence-electron chi connectivity index (χ4n) is 3.09. The standard InChI is InChI=1S/C19H21FN2O/c20-16-10-8-15(9-11-16)13-19(23)21-14-18-7-4-12-22(18)17-5-2-1-3-6-17/h1-3,5-6,8-11,18H,4,7,12-14H2,(H,21,23)/t18-/m1/s1. The summed E-state index contributed by atoms with van der Waals surface area (Å²) in [6, 6.07) is 16.7. The van der Waals surface area contributed by atoms with Crippen LogP contribution in [0.2, 0.25) is 0 Å². The number of para-hydroxylation sites is 1. The minimum Gasteiger partial charge on any atom is -0.367 e. The summed E-state index contributed by atoms with van der Waals surface area (Å²) < 4.78 is 12.9. The Hall–Kier alpha value is -2.36. The summed E-state index contributed by atoms with van der Waals surface area (Å²) in [5.41, 5.74) is 2.04. The van der Waals surface area contributed by atoms with E-state index in [1.54, 1.807) is 12.1 Å². The van der Waals surface area contributed by atoms with Crippen LogP contribution in [-0.2, 0) is 11.2 Å². The average Bonchev–Trinajstić information content (AvgIpc) is 3.04. The number of carbonyl (C=O) groups excluding carboxylic acids is 1. The Morgan fingerprint density at radius 2 is 1.87 bits per heavy atom. The largest absolute Gasteiger partial charge is 0.367 e. The molecule has 1 atom stereocenters. The number of amides is 1. The van der Waals surface area contributed by atoms with Gasteiger partial charge in [-0.2, -0.15) is 0 Å². The predicted molar refractivity (Wildman–Crippen MR) is 89.9 cm³/mol. The highest BCUT2D eigenvalue weighted by molar-refractivity contribution is 5.78. The Bertz CT molecular complexity index is 642. The Morgan fingerprint density at radius 3 is 2.61 bits per heavy atom. The van der Waals surface area contributed by atoms with Crippen LogP contribution >= 0.6 is 0 Å². The number of carbonyl (C=O) groups is 1. The molecule has 3 rings (SSSR count). The van der Waals surface area contributed by atoms with Crippen molar-refractivity contribution in [3.8, 4) is 0 Å². The quantitative estimate of drug-likeness (QED) is 0.920. The predicted octanol–water partition coefficient (Wildman–Crippen LogP) is 3.15. The second kappa shape index (κ2) is 7.27. The number of hydrogen-bond donors (Lipinski definition) is 1. The van der Waals surface area contributed by atoms with Crippen LogP contribution in [0.3, 0.4) is 0 Å². The molecule has 1 amide bonds. The molecule has 0 saturated carbocycles. The Labute approximate surface area is 136 Å². The first-order chi connectivity index (χ1) is 11.2. The number of nitrogens with one attached hydrogen (secondary N) is 1. The molecular weight excluding hydrogens is 291 g/mol. The maximum atomic E-state index is 12.9. The molecule has 0 bridgehead atoms. The zero-order chi connectivity index (χ0) is 16.1. The number of hydrogen-bond acceptors (Lipinski definition) is 2. The maximum absolute atomic E-state index is 12.9. The molecule has 0 unspecified atom stereocenters. The van der Waals surface area contributed by atoms with Gasteiger partial charge in [-0.3, -0.25) is 4.79 Å². The highest BCUT2D eigenvalue weighted by Crippen LogP contribution is 2.24. The van der Waals surface area contributed by atoms with Gasteiger partial charge in [0, 0.05) is 24.8 Å². The van der Waals surface area contributed by atoms with E-state index in [1.807, 2.05) is 18.2 Å². The van der Waals surface area contributed by atoms with Crippen molar-refractivity contribution in [3.05, 3.63) is 66.0 Å². The van der Waals surface area contributed by atoms with Crippen LogP contribution < -0.4 is 10.2 Å². The molecule has 1 fully saturated rings. The molecule has 1 heterocycles. The number of halogens is 1. The lowest BCUT2D eigenvalue weighted by atomic mass is 10.1. The summed E-state index contributed by atoms with van der Waals surface area (Å²) in [4.78, 5) is 14.4. The SMILES string of the molecule is O=C(Cc1ccc(F)cc1)NC[C@H]1CCCN1c1ccccc1. The lowest BCUT2D eigenvalue weighted by Crippen LogP contribution is -2.40. The highest BCUT2D eigenvalue weighted by Gasteiger charge is 2.24. The molecule has 1 aliphatic heterocycles. The zero-order valence-electron chi connectivity index (χ0n) is 13.0. The third-order valence-electron chi connectivity index (χ3n) is 4.28. The van der Waals surface area contributed by atoms with E-state index in [-0.39, 0.29) is 11.7 Å². The number of nitrogens with zero attached hydrogens (tertiary/aromatic N) is 1. The van der Waals surface area contributed by atoms with E-state index in [1.165, 1.54) is 17.8 Å². The topological polar surface area (TPSA) is 32.3 Å². The van der Waals surface area contributed by atoms with Gasteiger partial charge in [-0.15, -0.1) is 0 Å². The van der Waals surface area contributed by atoms with Crippen molar-refractivity contribution < 1.29 is 9.18 Å². The van der Waals surface area contributed by atoms with Gasteiger partial charge in [0.15, 0.2) is 0 Å². The van der Waals surface area contributed by atoms with E-state index in [0.717, 1.165) is 24.9 Å². The van der Waals surface area contributed by atoms with Crippen LogP contribution in [0.4, 0.5) is 10.1 Å². The summed E-state index contributed by atoms with van der Waals surface area (Å²) in [6.45, 7) is 1.68. The fraction of sp³-hybridized carbons (Fsp3) is 0.316. The normalized spacial score (nSPS) is 17.3. The first-order valence-corrected chi connectivity index (χ1v) is 8.05. The van der Waals surface area contributed by atoms with Gasteiger partial charge < -0.3 is 10.2 Å². The summed E-state index contributed by atoms with van der Waals surface area (Å²) in [6.07, 6.45) is 2.53. The first kappa shape index (κ1) is 15.5. The first-order valence-electron chi connectivity index (χ1n) is 8.05. The molecule has 2 aromatic carbocycles. The molecule has 1 N–H and O–H groups in total. The third-order valence-corrected chi connectivity index (χ3v) is 4.28. The third kappa shape index (κ3) is 4.09. The van der Waals surface area contributed by atoms with Gasteiger partial charge in [-0.25, -0.2) is 4.39 Å². The maximum Gasteiger partial charge on any atom is 0.224 e. The van der Waals surface area contributed by atoms with E-state index in [0.29, 0.717) is 19.0 Å². The van der Waals surface area contributed by atoms with Gasteiger partial charge in [0.05, 0.1) is 6.42 Å². The number of rotatable bonds is 5. The zero-order valence-corrected chi connectivity index (χ0v) is 13.0. The van der Waals surface area contributed by atoms with Gasteiger partial charge in [0.1, 0.15) is 5.82 Å². The molecule has 4 heteroatoms. The summed E-state index contributed by atoms with van der Waals surface area (Å²) in [5, 5.41) is 3.01. The van der Waals surface area contributed by atoms with E-state index < -0.39 is 0 Å². The van der Waals surface area contributed by atoms with Crippen molar-refractivity contribution >= 4 is 11.6 Å². The molecule has 1 saturated heterocycles. The van der Waals surface area contributed by atoms with Crippen LogP contribution in [0, 0.1) is 5.82 Å². The average molecular weight is 312 g/mol. The van der Waals surface area contributed by atoms with Crippen molar-refractivity contribution in [1.29, 1.82) is 0 Å². The van der Waals surface area contributed by atoms with Crippen LogP contribution in [0.1, 0.15) is 18.4 Å². The molecule has 120 valence electrons. The van der Waals surface area contributed by atoms with Crippen LogP contribution in [0.25, 0.3) is 0 Å². The molecule has 0 radical (unpaired) electrons. The molecule has 0 spiro atoms. The van der Waals surface area contributed by atoms with Gasteiger partial charge >= 0.3 is 0 Å². The van der Waals surface area contributed by atoms with Gasteiger partial charge in [0.25, 0.3) is 0 Å². The second-order valence-corrected chi connectivity index (χ2v) is 5.93. The van der Waals surface area contributed by atoms with E-state index >= 15 is 0 Å². The van der Waals surface area contributed by atoms with Crippen molar-refractivity contribution in [3.63, 3.8) is 0 Å². The number of anilines is 1. The molecular formula is C19H21FN2O.